The van der Waals surface area contributed by atoms with Gasteiger partial charge in [0.1, 0.15) is 16.4 Å². The molecule has 154 valence electrons. The summed E-state index contributed by atoms with van der Waals surface area (Å²) in [4.78, 5) is 16.7. The zero-order chi connectivity index (χ0) is 20.7. The van der Waals surface area contributed by atoms with Gasteiger partial charge in [-0.2, -0.15) is 0 Å². The number of nitrogens with zero attached hydrogens (tertiary/aromatic N) is 1. The fourth-order valence-corrected chi connectivity index (χ4v) is 6.30. The summed E-state index contributed by atoms with van der Waals surface area (Å²) in [6, 6.07) is -0.463. The zero-order valence-electron chi connectivity index (χ0n) is 16.1. The SMILES string of the molecule is C=CCCC1([C@H](NC(=O)OC(C)(C)C)C2SC=NC2Br)C2C=CC(F)=C(F)C21. The summed E-state index contributed by atoms with van der Waals surface area (Å²) in [6.45, 7) is 9.13. The summed E-state index contributed by atoms with van der Waals surface area (Å²) < 4.78 is 34.1. The molecule has 8 heteroatoms. The van der Waals surface area contributed by atoms with Crippen molar-refractivity contribution >= 4 is 39.3 Å². The lowest BCUT2D eigenvalue weighted by atomic mass is 9.84. The second kappa shape index (κ2) is 7.94. The van der Waals surface area contributed by atoms with Crippen molar-refractivity contribution in [1.29, 1.82) is 0 Å². The number of carbonyl (C=O) groups is 1. The minimum absolute atomic E-state index is 0.160. The summed E-state index contributed by atoms with van der Waals surface area (Å²) in [5.41, 5.74) is 0.407. The van der Waals surface area contributed by atoms with Crippen molar-refractivity contribution in [2.45, 2.75) is 55.5 Å². The van der Waals surface area contributed by atoms with E-state index in [1.807, 2.05) is 0 Å². The van der Waals surface area contributed by atoms with Crippen LogP contribution in [0, 0.1) is 17.3 Å². The number of alkyl carbamates (subject to hydrolysis) is 1. The average molecular weight is 475 g/mol. The van der Waals surface area contributed by atoms with Gasteiger partial charge in [-0.15, -0.1) is 18.3 Å². The molecule has 1 amide bonds. The Morgan fingerprint density at radius 1 is 1.54 bits per heavy atom. The second-order valence-electron chi connectivity index (χ2n) is 8.35. The van der Waals surface area contributed by atoms with E-state index in [1.54, 1.807) is 38.5 Å². The van der Waals surface area contributed by atoms with Gasteiger partial charge in [0.2, 0.25) is 0 Å². The van der Waals surface area contributed by atoms with Gasteiger partial charge in [0.05, 0.1) is 16.8 Å². The van der Waals surface area contributed by atoms with E-state index in [2.05, 4.69) is 32.8 Å². The van der Waals surface area contributed by atoms with Crippen LogP contribution in [0.15, 0.2) is 41.5 Å². The van der Waals surface area contributed by atoms with Crippen molar-refractivity contribution in [3.63, 3.8) is 0 Å². The van der Waals surface area contributed by atoms with Gasteiger partial charge in [0, 0.05) is 11.3 Å². The van der Waals surface area contributed by atoms with Crippen molar-refractivity contribution in [2.75, 3.05) is 0 Å². The monoisotopic (exact) mass is 474 g/mol. The number of ether oxygens (including phenoxy) is 1. The molecule has 1 aliphatic heterocycles. The smallest absolute Gasteiger partial charge is 0.407 e. The predicted octanol–water partition coefficient (Wildman–Crippen LogP) is 5.66. The lowest BCUT2D eigenvalue weighted by Gasteiger charge is -2.35. The highest BCUT2D eigenvalue weighted by atomic mass is 79.9. The molecule has 0 aromatic rings. The van der Waals surface area contributed by atoms with Crippen LogP contribution in [0.1, 0.15) is 33.6 Å². The van der Waals surface area contributed by atoms with Crippen LogP contribution in [0.25, 0.3) is 0 Å². The molecule has 1 heterocycles. The molecule has 0 aromatic heterocycles. The Morgan fingerprint density at radius 2 is 2.25 bits per heavy atom. The van der Waals surface area contributed by atoms with Crippen molar-refractivity contribution in [2.24, 2.45) is 22.2 Å². The number of hydrogen-bond acceptors (Lipinski definition) is 4. The third-order valence-corrected chi connectivity index (χ3v) is 7.70. The number of halogens is 3. The fraction of sp³-hybridized carbons (Fsp3) is 0.600. The third-order valence-electron chi connectivity index (χ3n) is 5.45. The molecule has 0 aromatic carbocycles. The molecule has 2 aliphatic carbocycles. The first-order valence-electron chi connectivity index (χ1n) is 9.27. The number of allylic oxidation sites excluding steroid dienone is 5. The number of rotatable bonds is 6. The Hall–Kier alpha value is -1.15. The van der Waals surface area contributed by atoms with Crippen molar-refractivity contribution in [3.05, 3.63) is 36.5 Å². The number of aliphatic imine (C=N–C) groups is 1. The number of hydrogen-bond donors (Lipinski definition) is 1. The molecule has 1 N–H and O–H groups in total. The van der Waals surface area contributed by atoms with E-state index < -0.39 is 40.7 Å². The molecule has 1 fully saturated rings. The van der Waals surface area contributed by atoms with Crippen LogP contribution >= 0.6 is 27.7 Å². The maximum atomic E-state index is 14.7. The van der Waals surface area contributed by atoms with E-state index in [-0.39, 0.29) is 16.1 Å². The topological polar surface area (TPSA) is 50.7 Å². The van der Waals surface area contributed by atoms with Gasteiger partial charge < -0.3 is 10.1 Å². The summed E-state index contributed by atoms with van der Waals surface area (Å²) in [5.74, 6) is -2.35. The first-order valence-corrected chi connectivity index (χ1v) is 11.1. The quantitative estimate of drug-likeness (QED) is 0.306. The highest BCUT2D eigenvalue weighted by Crippen LogP contribution is 2.70. The molecule has 3 rings (SSSR count). The Kier molecular flexibility index (Phi) is 6.11. The predicted molar refractivity (Wildman–Crippen MR) is 113 cm³/mol. The van der Waals surface area contributed by atoms with Crippen LogP contribution in [-0.2, 0) is 4.74 Å². The van der Waals surface area contributed by atoms with E-state index in [9.17, 15) is 13.6 Å². The first kappa shape index (κ1) is 21.6. The van der Waals surface area contributed by atoms with Gasteiger partial charge in [-0.1, -0.05) is 28.1 Å². The number of alkyl halides is 1. The average Bonchev–Trinajstić information content (AvgIpc) is 3.06. The Labute approximate surface area is 177 Å². The van der Waals surface area contributed by atoms with Crippen LogP contribution in [0.3, 0.4) is 0 Å². The van der Waals surface area contributed by atoms with Crippen LogP contribution in [0.4, 0.5) is 13.6 Å². The van der Waals surface area contributed by atoms with Gasteiger partial charge in [-0.05, 0) is 45.6 Å². The summed E-state index contributed by atoms with van der Waals surface area (Å²) in [7, 11) is 0. The normalized spacial score (nSPS) is 34.8. The Balaban J connectivity index is 1.95. The van der Waals surface area contributed by atoms with Gasteiger partial charge in [-0.3, -0.25) is 4.99 Å². The number of fused-ring (bicyclic) bond motifs is 1. The van der Waals surface area contributed by atoms with E-state index in [0.29, 0.717) is 12.8 Å². The summed E-state index contributed by atoms with van der Waals surface area (Å²) in [6.07, 6.45) is 5.32. The van der Waals surface area contributed by atoms with E-state index in [1.165, 1.54) is 17.8 Å². The second-order valence-corrected chi connectivity index (χ2v) is 10.3. The van der Waals surface area contributed by atoms with Crippen LogP contribution in [0.5, 0.6) is 0 Å². The maximum absolute atomic E-state index is 14.7. The lowest BCUT2D eigenvalue weighted by Crippen LogP contribution is -2.52. The maximum Gasteiger partial charge on any atom is 0.407 e. The largest absolute Gasteiger partial charge is 0.444 e. The minimum atomic E-state index is -0.830. The molecule has 3 aliphatic rings. The first-order chi connectivity index (χ1) is 13.1. The molecular weight excluding hydrogens is 450 g/mol. The molecule has 0 radical (unpaired) electrons. The molecule has 0 bridgehead atoms. The lowest BCUT2D eigenvalue weighted by molar-refractivity contribution is 0.0469. The standard InChI is InChI=1S/C20H25BrF2N2O2S/c1-5-6-9-20(11-7-8-12(22)14(23)13(11)20)16(15-17(21)24-10-28-15)25-18(26)27-19(2,3)4/h5,7-8,10-11,13,15-17H,1,6,9H2,2-4H3,(H,25,26)/t11?,13?,15?,16-,17?,20?/m1/s1. The Bertz CT molecular complexity index is 749. The van der Waals surface area contributed by atoms with Crippen molar-refractivity contribution < 1.29 is 18.3 Å². The van der Waals surface area contributed by atoms with Crippen molar-refractivity contribution in [1.82, 2.24) is 5.32 Å². The summed E-state index contributed by atoms with van der Waals surface area (Å²) in [5, 5.41) is 2.82. The fourth-order valence-electron chi connectivity index (χ4n) is 4.33. The number of amides is 1. The molecular formula is C20H25BrF2N2O2S. The molecule has 6 atom stereocenters. The van der Waals surface area contributed by atoms with Crippen LogP contribution < -0.4 is 5.32 Å². The summed E-state index contributed by atoms with van der Waals surface area (Å²) >= 11 is 5.02. The third kappa shape index (κ3) is 3.95. The van der Waals surface area contributed by atoms with E-state index in [4.69, 9.17) is 4.74 Å². The highest BCUT2D eigenvalue weighted by molar-refractivity contribution is 9.09. The van der Waals surface area contributed by atoms with Gasteiger partial charge >= 0.3 is 6.09 Å². The molecule has 5 unspecified atom stereocenters. The van der Waals surface area contributed by atoms with Gasteiger partial charge in [-0.25, -0.2) is 13.6 Å². The minimum Gasteiger partial charge on any atom is -0.444 e. The van der Waals surface area contributed by atoms with Crippen LogP contribution in [0.2, 0.25) is 0 Å². The molecule has 28 heavy (non-hydrogen) atoms. The zero-order valence-corrected chi connectivity index (χ0v) is 18.5. The molecule has 4 nitrogen and oxygen atoms in total. The molecule has 0 spiro atoms. The number of thioether (sulfide) groups is 1. The highest BCUT2D eigenvalue weighted by Gasteiger charge is 2.71. The van der Waals surface area contributed by atoms with E-state index in [0.717, 1.165) is 0 Å². The van der Waals surface area contributed by atoms with Crippen molar-refractivity contribution in [3.8, 4) is 0 Å². The van der Waals surface area contributed by atoms with Gasteiger partial charge in [0.25, 0.3) is 0 Å². The molecule has 1 saturated carbocycles. The molecule has 0 saturated heterocycles. The Morgan fingerprint density at radius 3 is 2.82 bits per heavy atom. The number of carbonyl (C=O) groups excluding carboxylic acids is 1. The number of nitrogens with one attached hydrogen (secondary N) is 1. The van der Waals surface area contributed by atoms with Gasteiger partial charge in [0.15, 0.2) is 5.83 Å². The van der Waals surface area contributed by atoms with Crippen LogP contribution in [-0.4, -0.2) is 33.5 Å². The van der Waals surface area contributed by atoms with E-state index >= 15 is 0 Å².